The molecule has 150 valence electrons. The minimum Gasteiger partial charge on any atom is -0.491 e. The fourth-order valence-electron chi connectivity index (χ4n) is 2.10. The molecule has 0 bridgehead atoms. The Morgan fingerprint density at radius 3 is 2.46 bits per heavy atom. The number of guanidine groups is 1. The van der Waals surface area contributed by atoms with Crippen LogP contribution in [0.1, 0.15) is 31.9 Å². The van der Waals surface area contributed by atoms with Gasteiger partial charge in [-0.25, -0.2) is 0 Å². The molecular formula is C17H27F3IN3O2. The van der Waals surface area contributed by atoms with Crippen molar-refractivity contribution in [3.63, 3.8) is 0 Å². The van der Waals surface area contributed by atoms with E-state index in [4.69, 9.17) is 9.47 Å². The number of hydrogen-bond donors (Lipinski definition) is 2. The molecule has 0 saturated carbocycles. The van der Waals surface area contributed by atoms with Gasteiger partial charge in [0.1, 0.15) is 5.75 Å². The monoisotopic (exact) mass is 489 g/mol. The number of benzene rings is 1. The number of alkyl halides is 3. The Kier molecular flexibility index (Phi) is 11.6. The molecular weight excluding hydrogens is 462 g/mol. The summed E-state index contributed by atoms with van der Waals surface area (Å²) in [4.78, 5) is 3.98. The van der Waals surface area contributed by atoms with Crippen LogP contribution in [0.25, 0.3) is 0 Å². The van der Waals surface area contributed by atoms with Crippen molar-refractivity contribution in [1.29, 1.82) is 0 Å². The van der Waals surface area contributed by atoms with Gasteiger partial charge in [-0.3, -0.25) is 4.99 Å². The van der Waals surface area contributed by atoms with Crippen LogP contribution >= 0.6 is 24.0 Å². The first-order valence-corrected chi connectivity index (χ1v) is 8.17. The fourth-order valence-corrected chi connectivity index (χ4v) is 2.10. The van der Waals surface area contributed by atoms with Gasteiger partial charge in [-0.2, -0.15) is 13.2 Å². The lowest BCUT2D eigenvalue weighted by Crippen LogP contribution is -2.38. The lowest BCUT2D eigenvalue weighted by molar-refractivity contribution is -0.138. The van der Waals surface area contributed by atoms with E-state index in [2.05, 4.69) is 15.6 Å². The van der Waals surface area contributed by atoms with Crippen LogP contribution in [0.2, 0.25) is 0 Å². The first kappa shape index (κ1) is 24.8. The summed E-state index contributed by atoms with van der Waals surface area (Å²) in [7, 11) is 1.56. The molecule has 2 N–H and O–H groups in total. The molecule has 0 saturated heterocycles. The minimum absolute atomic E-state index is 0. The first-order chi connectivity index (χ1) is 11.8. The summed E-state index contributed by atoms with van der Waals surface area (Å²) in [6.45, 7) is 7.02. The SMILES string of the molecule is CCOCCNC(=NC)NCc1ccc(OC(C)C)cc1C(F)(F)F.I. The van der Waals surface area contributed by atoms with Gasteiger partial charge < -0.3 is 20.1 Å². The molecule has 26 heavy (non-hydrogen) atoms. The van der Waals surface area contributed by atoms with Crippen molar-refractivity contribution in [3.8, 4) is 5.75 Å². The standard InChI is InChI=1S/C17H26F3N3O2.HI/c1-5-24-9-8-22-16(21-4)23-11-13-6-7-14(25-12(2)3)10-15(13)17(18,19)20;/h6-7,10,12H,5,8-9,11H2,1-4H3,(H2,21,22,23);1H. The third-order valence-corrected chi connectivity index (χ3v) is 3.17. The second-order valence-corrected chi connectivity index (χ2v) is 5.53. The molecule has 0 unspecified atom stereocenters. The Bertz CT molecular complexity index is 567. The van der Waals surface area contributed by atoms with E-state index in [1.807, 2.05) is 6.92 Å². The molecule has 1 rings (SSSR count). The van der Waals surface area contributed by atoms with Gasteiger partial charge in [-0.15, -0.1) is 24.0 Å². The van der Waals surface area contributed by atoms with E-state index in [0.717, 1.165) is 6.07 Å². The number of hydrogen-bond acceptors (Lipinski definition) is 3. The van der Waals surface area contributed by atoms with Crippen LogP contribution in [0.3, 0.4) is 0 Å². The predicted molar refractivity (Wildman–Crippen MR) is 107 cm³/mol. The minimum atomic E-state index is -4.46. The van der Waals surface area contributed by atoms with Gasteiger partial charge in [0, 0.05) is 26.7 Å². The highest BCUT2D eigenvalue weighted by molar-refractivity contribution is 14.0. The molecule has 9 heteroatoms. The molecule has 0 aromatic heterocycles. The van der Waals surface area contributed by atoms with Gasteiger partial charge in [0.2, 0.25) is 0 Å². The van der Waals surface area contributed by atoms with Crippen molar-refractivity contribution in [2.45, 2.75) is 39.6 Å². The lowest BCUT2D eigenvalue weighted by atomic mass is 10.1. The van der Waals surface area contributed by atoms with Crippen LogP contribution in [0.5, 0.6) is 5.75 Å². The molecule has 0 fully saturated rings. The maximum absolute atomic E-state index is 13.3. The maximum atomic E-state index is 13.3. The smallest absolute Gasteiger partial charge is 0.416 e. The van der Waals surface area contributed by atoms with E-state index in [1.54, 1.807) is 20.9 Å². The summed E-state index contributed by atoms with van der Waals surface area (Å²) in [5.41, 5.74) is -0.598. The van der Waals surface area contributed by atoms with Gasteiger partial charge in [0.05, 0.1) is 18.3 Å². The van der Waals surface area contributed by atoms with Gasteiger partial charge in [-0.05, 0) is 38.5 Å². The predicted octanol–water partition coefficient (Wildman–Crippen LogP) is 3.81. The van der Waals surface area contributed by atoms with Crippen LogP contribution in [0.15, 0.2) is 23.2 Å². The summed E-state index contributed by atoms with van der Waals surface area (Å²) in [6, 6.07) is 3.99. The number of aliphatic imine (C=N–C) groups is 1. The van der Waals surface area contributed by atoms with Crippen molar-refractivity contribution >= 4 is 29.9 Å². The maximum Gasteiger partial charge on any atom is 0.416 e. The van der Waals surface area contributed by atoms with Crippen LogP contribution < -0.4 is 15.4 Å². The van der Waals surface area contributed by atoms with E-state index >= 15 is 0 Å². The summed E-state index contributed by atoms with van der Waals surface area (Å²) in [5.74, 6) is 0.612. The molecule has 0 amide bonds. The molecule has 5 nitrogen and oxygen atoms in total. The largest absolute Gasteiger partial charge is 0.491 e. The molecule has 1 aromatic rings. The Morgan fingerprint density at radius 1 is 1.23 bits per heavy atom. The average Bonchev–Trinajstić information content (AvgIpc) is 2.53. The van der Waals surface area contributed by atoms with Crippen molar-refractivity contribution in [2.75, 3.05) is 26.8 Å². The van der Waals surface area contributed by atoms with E-state index in [-0.39, 0.29) is 47.9 Å². The molecule has 0 heterocycles. The molecule has 0 aliphatic rings. The van der Waals surface area contributed by atoms with E-state index in [1.165, 1.54) is 12.1 Å². The number of ether oxygens (including phenoxy) is 2. The molecule has 1 aromatic carbocycles. The topological polar surface area (TPSA) is 54.9 Å². The van der Waals surface area contributed by atoms with Gasteiger partial charge in [-0.1, -0.05) is 6.07 Å². The highest BCUT2D eigenvalue weighted by Gasteiger charge is 2.33. The van der Waals surface area contributed by atoms with E-state index < -0.39 is 11.7 Å². The third kappa shape index (κ3) is 8.93. The van der Waals surface area contributed by atoms with Gasteiger partial charge in [0.15, 0.2) is 5.96 Å². The number of nitrogens with one attached hydrogen (secondary N) is 2. The molecule has 0 aliphatic heterocycles. The van der Waals surface area contributed by atoms with Crippen LogP contribution in [-0.2, 0) is 17.5 Å². The van der Waals surface area contributed by atoms with Crippen molar-refractivity contribution in [3.05, 3.63) is 29.3 Å². The van der Waals surface area contributed by atoms with Crippen molar-refractivity contribution in [2.24, 2.45) is 4.99 Å². The van der Waals surface area contributed by atoms with E-state index in [0.29, 0.717) is 25.7 Å². The summed E-state index contributed by atoms with van der Waals surface area (Å²) in [5, 5.41) is 5.86. The van der Waals surface area contributed by atoms with Gasteiger partial charge >= 0.3 is 6.18 Å². The molecule has 0 radical (unpaired) electrons. The highest BCUT2D eigenvalue weighted by atomic mass is 127. The van der Waals surface area contributed by atoms with Crippen molar-refractivity contribution in [1.82, 2.24) is 10.6 Å². The summed E-state index contributed by atoms with van der Waals surface area (Å²) in [6.07, 6.45) is -4.65. The first-order valence-electron chi connectivity index (χ1n) is 8.17. The lowest BCUT2D eigenvalue weighted by Gasteiger charge is -2.18. The quantitative estimate of drug-likeness (QED) is 0.253. The highest BCUT2D eigenvalue weighted by Crippen LogP contribution is 2.34. The Balaban J connectivity index is 0.00000625. The fraction of sp³-hybridized carbons (Fsp3) is 0.588. The normalized spacial score (nSPS) is 11.9. The Morgan fingerprint density at radius 2 is 1.92 bits per heavy atom. The second-order valence-electron chi connectivity index (χ2n) is 5.53. The number of nitrogens with zero attached hydrogens (tertiary/aromatic N) is 1. The average molecular weight is 489 g/mol. The zero-order valence-electron chi connectivity index (χ0n) is 15.4. The third-order valence-electron chi connectivity index (χ3n) is 3.17. The van der Waals surface area contributed by atoms with Crippen LogP contribution in [-0.4, -0.2) is 38.9 Å². The van der Waals surface area contributed by atoms with Crippen LogP contribution in [0.4, 0.5) is 13.2 Å². The summed E-state index contributed by atoms with van der Waals surface area (Å²) < 4.78 is 50.5. The number of halogens is 4. The summed E-state index contributed by atoms with van der Waals surface area (Å²) >= 11 is 0. The zero-order chi connectivity index (χ0) is 18.9. The zero-order valence-corrected chi connectivity index (χ0v) is 17.8. The molecule has 0 atom stereocenters. The second kappa shape index (κ2) is 12.2. The van der Waals surface area contributed by atoms with Crippen LogP contribution in [0, 0.1) is 0 Å². The van der Waals surface area contributed by atoms with Crippen molar-refractivity contribution < 1.29 is 22.6 Å². The molecule has 0 aliphatic carbocycles. The Labute approximate surface area is 169 Å². The molecule has 0 spiro atoms. The number of rotatable bonds is 8. The van der Waals surface area contributed by atoms with Gasteiger partial charge in [0.25, 0.3) is 0 Å². The van der Waals surface area contributed by atoms with E-state index in [9.17, 15) is 13.2 Å². The Hall–Kier alpha value is -1.23.